The molecule has 0 amide bonds. The van der Waals surface area contributed by atoms with Crippen molar-refractivity contribution in [2.45, 2.75) is 38.6 Å². The van der Waals surface area contributed by atoms with Crippen LogP contribution in [0, 0.1) is 5.92 Å². The lowest BCUT2D eigenvalue weighted by molar-refractivity contribution is -0.146. The van der Waals surface area contributed by atoms with Gasteiger partial charge in [-0.1, -0.05) is 13.3 Å². The van der Waals surface area contributed by atoms with E-state index in [2.05, 4.69) is 4.90 Å². The van der Waals surface area contributed by atoms with Gasteiger partial charge in [0.1, 0.15) is 0 Å². The van der Waals surface area contributed by atoms with Gasteiger partial charge in [-0.05, 0) is 19.4 Å². The molecule has 0 aromatic heterocycles. The highest BCUT2D eigenvalue weighted by Crippen LogP contribution is 2.21. The van der Waals surface area contributed by atoms with Crippen LogP contribution in [0.4, 0.5) is 0 Å². The Morgan fingerprint density at radius 3 is 2.61 bits per heavy atom. The summed E-state index contributed by atoms with van der Waals surface area (Å²) in [5, 5.41) is 0. The van der Waals surface area contributed by atoms with Gasteiger partial charge < -0.3 is 9.47 Å². The molecule has 1 aliphatic heterocycles. The third kappa shape index (κ3) is 4.29. The Bertz CT molecular complexity index is 293. The van der Waals surface area contributed by atoms with Gasteiger partial charge in [0.15, 0.2) is 0 Å². The number of hydrogen-bond donors (Lipinski definition) is 0. The summed E-state index contributed by atoms with van der Waals surface area (Å²) < 4.78 is 9.45. The molecule has 0 aromatic carbocycles. The zero-order valence-corrected chi connectivity index (χ0v) is 11.5. The van der Waals surface area contributed by atoms with Crippen LogP contribution in [-0.4, -0.2) is 50.2 Å². The molecule has 2 atom stereocenters. The third-order valence-corrected chi connectivity index (χ3v) is 3.49. The average molecular weight is 257 g/mol. The summed E-state index contributed by atoms with van der Waals surface area (Å²) in [6.45, 7) is 3.44. The van der Waals surface area contributed by atoms with E-state index in [1.54, 1.807) is 0 Å². The van der Waals surface area contributed by atoms with Crippen LogP contribution < -0.4 is 0 Å². The van der Waals surface area contributed by atoms with Crippen molar-refractivity contribution in [3.8, 4) is 0 Å². The Kier molecular flexibility index (Phi) is 6.12. The first-order valence-electron chi connectivity index (χ1n) is 6.47. The average Bonchev–Trinajstić information content (AvgIpc) is 2.39. The predicted molar refractivity (Wildman–Crippen MR) is 67.0 cm³/mol. The Morgan fingerprint density at radius 1 is 1.28 bits per heavy atom. The van der Waals surface area contributed by atoms with Crippen LogP contribution in [0.2, 0.25) is 0 Å². The van der Waals surface area contributed by atoms with E-state index in [-0.39, 0.29) is 23.9 Å². The van der Waals surface area contributed by atoms with E-state index in [0.29, 0.717) is 13.0 Å². The van der Waals surface area contributed by atoms with Gasteiger partial charge in [0.2, 0.25) is 0 Å². The lowest BCUT2D eigenvalue weighted by Crippen LogP contribution is -2.44. The molecule has 0 aromatic rings. The van der Waals surface area contributed by atoms with Crippen molar-refractivity contribution in [1.82, 2.24) is 4.90 Å². The SMILES string of the molecule is COC(=O)CC1CCCCN1CC(C)C(=O)OC. The molecule has 104 valence electrons. The minimum absolute atomic E-state index is 0.159. The van der Waals surface area contributed by atoms with Crippen LogP contribution in [0.25, 0.3) is 0 Å². The predicted octanol–water partition coefficient (Wildman–Crippen LogP) is 1.21. The fourth-order valence-electron chi connectivity index (χ4n) is 2.43. The van der Waals surface area contributed by atoms with Crippen molar-refractivity contribution in [3.63, 3.8) is 0 Å². The third-order valence-electron chi connectivity index (χ3n) is 3.49. The van der Waals surface area contributed by atoms with E-state index in [1.165, 1.54) is 14.2 Å². The second kappa shape index (κ2) is 7.36. The fourth-order valence-corrected chi connectivity index (χ4v) is 2.43. The maximum absolute atomic E-state index is 11.4. The maximum atomic E-state index is 11.4. The van der Waals surface area contributed by atoms with Crippen molar-refractivity contribution in [2.24, 2.45) is 5.92 Å². The van der Waals surface area contributed by atoms with Crippen molar-refractivity contribution in [1.29, 1.82) is 0 Å². The zero-order valence-electron chi connectivity index (χ0n) is 11.5. The van der Waals surface area contributed by atoms with E-state index < -0.39 is 0 Å². The highest BCUT2D eigenvalue weighted by atomic mass is 16.5. The molecular weight excluding hydrogens is 234 g/mol. The highest BCUT2D eigenvalue weighted by molar-refractivity contribution is 5.72. The normalized spacial score (nSPS) is 22.3. The zero-order chi connectivity index (χ0) is 13.5. The Labute approximate surface area is 108 Å². The number of carbonyl (C=O) groups is 2. The summed E-state index contributed by atoms with van der Waals surface area (Å²) >= 11 is 0. The fraction of sp³-hybridized carbons (Fsp3) is 0.846. The number of ether oxygens (including phenoxy) is 2. The quantitative estimate of drug-likeness (QED) is 0.693. The largest absolute Gasteiger partial charge is 0.469 e. The van der Waals surface area contributed by atoms with Gasteiger partial charge in [0.05, 0.1) is 26.6 Å². The molecule has 1 heterocycles. The first kappa shape index (κ1) is 15.0. The topological polar surface area (TPSA) is 55.8 Å². The molecule has 1 saturated heterocycles. The molecule has 5 nitrogen and oxygen atoms in total. The van der Waals surface area contributed by atoms with Crippen LogP contribution in [0.1, 0.15) is 32.6 Å². The van der Waals surface area contributed by atoms with Crippen molar-refractivity contribution < 1.29 is 19.1 Å². The van der Waals surface area contributed by atoms with Gasteiger partial charge in [-0.25, -0.2) is 0 Å². The van der Waals surface area contributed by atoms with E-state index in [9.17, 15) is 9.59 Å². The molecule has 1 aliphatic rings. The minimum Gasteiger partial charge on any atom is -0.469 e. The highest BCUT2D eigenvalue weighted by Gasteiger charge is 2.28. The van der Waals surface area contributed by atoms with Gasteiger partial charge in [-0.15, -0.1) is 0 Å². The van der Waals surface area contributed by atoms with E-state index >= 15 is 0 Å². The first-order valence-corrected chi connectivity index (χ1v) is 6.47. The lowest BCUT2D eigenvalue weighted by Gasteiger charge is -2.36. The number of carbonyl (C=O) groups excluding carboxylic acids is 2. The van der Waals surface area contributed by atoms with Gasteiger partial charge in [0.25, 0.3) is 0 Å². The number of likely N-dealkylation sites (tertiary alicyclic amines) is 1. The van der Waals surface area contributed by atoms with E-state index in [1.807, 2.05) is 6.92 Å². The minimum atomic E-state index is -0.197. The van der Waals surface area contributed by atoms with Gasteiger partial charge >= 0.3 is 11.9 Å². The number of methoxy groups -OCH3 is 2. The summed E-state index contributed by atoms with van der Waals surface area (Å²) in [6, 6.07) is 0.193. The Morgan fingerprint density at radius 2 is 2.00 bits per heavy atom. The van der Waals surface area contributed by atoms with Crippen LogP contribution in [0.5, 0.6) is 0 Å². The molecule has 0 spiro atoms. The Hall–Kier alpha value is -1.10. The number of esters is 2. The molecule has 1 rings (SSSR count). The molecule has 0 aliphatic carbocycles. The monoisotopic (exact) mass is 257 g/mol. The molecule has 18 heavy (non-hydrogen) atoms. The first-order chi connectivity index (χ1) is 8.58. The molecule has 0 N–H and O–H groups in total. The summed E-state index contributed by atoms with van der Waals surface area (Å²) in [4.78, 5) is 25.0. The van der Waals surface area contributed by atoms with Crippen molar-refractivity contribution in [3.05, 3.63) is 0 Å². The van der Waals surface area contributed by atoms with Gasteiger partial charge in [0, 0.05) is 12.6 Å². The van der Waals surface area contributed by atoms with Crippen LogP contribution >= 0.6 is 0 Å². The number of rotatable bonds is 5. The van der Waals surface area contributed by atoms with E-state index in [0.717, 1.165) is 25.8 Å². The molecule has 0 radical (unpaired) electrons. The van der Waals surface area contributed by atoms with E-state index in [4.69, 9.17) is 9.47 Å². The summed E-state index contributed by atoms with van der Waals surface area (Å²) in [6.07, 6.45) is 3.64. The second-order valence-corrected chi connectivity index (χ2v) is 4.85. The lowest BCUT2D eigenvalue weighted by atomic mass is 9.97. The molecule has 1 fully saturated rings. The van der Waals surface area contributed by atoms with Crippen molar-refractivity contribution in [2.75, 3.05) is 27.3 Å². The van der Waals surface area contributed by atoms with Crippen LogP contribution in [0.15, 0.2) is 0 Å². The number of piperidine rings is 1. The molecule has 2 unspecified atom stereocenters. The van der Waals surface area contributed by atoms with Crippen LogP contribution in [0.3, 0.4) is 0 Å². The number of nitrogens with zero attached hydrogens (tertiary/aromatic N) is 1. The standard InChI is InChI=1S/C13H23NO4/c1-10(13(16)18-3)9-14-7-5-4-6-11(14)8-12(15)17-2/h10-11H,4-9H2,1-3H3. The summed E-state index contributed by atoms with van der Waals surface area (Å²) in [5.41, 5.74) is 0. The van der Waals surface area contributed by atoms with Gasteiger partial charge in [-0.2, -0.15) is 0 Å². The second-order valence-electron chi connectivity index (χ2n) is 4.85. The maximum Gasteiger partial charge on any atom is 0.309 e. The van der Waals surface area contributed by atoms with Crippen LogP contribution in [-0.2, 0) is 19.1 Å². The summed E-state index contributed by atoms with van der Waals surface area (Å²) in [7, 11) is 2.81. The Balaban J connectivity index is 2.53. The molecule has 5 heteroatoms. The molecule has 0 saturated carbocycles. The number of hydrogen-bond acceptors (Lipinski definition) is 5. The molecular formula is C13H23NO4. The smallest absolute Gasteiger partial charge is 0.309 e. The van der Waals surface area contributed by atoms with Crippen molar-refractivity contribution >= 4 is 11.9 Å². The van der Waals surface area contributed by atoms with Gasteiger partial charge in [-0.3, -0.25) is 14.5 Å². The summed E-state index contributed by atoms with van der Waals surface area (Å²) in [5.74, 6) is -0.539. The molecule has 0 bridgehead atoms.